The Morgan fingerprint density at radius 3 is 2.47 bits per heavy atom. The average Bonchev–Trinajstić information content (AvgIpc) is 2.79. The fraction of sp³-hybridized carbons (Fsp3) is 0.929. The van der Waals surface area contributed by atoms with Gasteiger partial charge in [-0.05, 0) is 18.8 Å². The maximum Gasteiger partial charge on any atom is 0.0879 e. The fourth-order valence-corrected chi connectivity index (χ4v) is 3.40. The van der Waals surface area contributed by atoms with Crippen LogP contribution in [0.5, 0.6) is 0 Å². The quantitative estimate of drug-likeness (QED) is 0.803. The number of aliphatic hydroxyl groups is 1. The van der Waals surface area contributed by atoms with Gasteiger partial charge in [-0.1, -0.05) is 26.7 Å². The van der Waals surface area contributed by atoms with E-state index in [0.717, 1.165) is 25.7 Å². The normalized spacial score (nSPS) is 37.0. The molecule has 1 N–H and O–H groups in total. The molecule has 0 spiro atoms. The molecule has 2 fully saturated rings. The van der Waals surface area contributed by atoms with Gasteiger partial charge in [0, 0.05) is 19.4 Å². The zero-order valence-electron chi connectivity index (χ0n) is 10.9. The minimum absolute atomic E-state index is 0.0968. The van der Waals surface area contributed by atoms with E-state index >= 15 is 0 Å². The minimum Gasteiger partial charge on any atom is -0.388 e. The highest BCUT2D eigenvalue weighted by molar-refractivity contribution is 5.14. The average molecular weight is 237 g/mol. The van der Waals surface area contributed by atoms with Crippen LogP contribution in [0.15, 0.2) is 0 Å². The second-order valence-corrected chi connectivity index (χ2v) is 6.04. The van der Waals surface area contributed by atoms with Gasteiger partial charge in [0.1, 0.15) is 0 Å². The molecule has 0 radical (unpaired) electrons. The summed E-state index contributed by atoms with van der Waals surface area (Å²) in [6, 6.07) is 2.44. The molecule has 3 nitrogen and oxygen atoms in total. The van der Waals surface area contributed by atoms with Crippen LogP contribution in [0.1, 0.15) is 52.4 Å². The third-order valence-corrected chi connectivity index (χ3v) is 4.69. The van der Waals surface area contributed by atoms with Crippen molar-refractivity contribution in [3.63, 3.8) is 0 Å². The van der Waals surface area contributed by atoms with E-state index in [0.29, 0.717) is 25.4 Å². The van der Waals surface area contributed by atoms with E-state index in [1.165, 1.54) is 0 Å². The first-order valence-electron chi connectivity index (χ1n) is 6.78. The molecule has 3 heteroatoms. The van der Waals surface area contributed by atoms with E-state index in [2.05, 4.69) is 19.9 Å². The SMILES string of the molecule is CC(C)C1CC(O)(C2(C#N)CCCC2)CCO1. The first-order valence-corrected chi connectivity index (χ1v) is 6.78. The summed E-state index contributed by atoms with van der Waals surface area (Å²) >= 11 is 0. The van der Waals surface area contributed by atoms with Gasteiger partial charge in [0.05, 0.1) is 23.2 Å². The maximum atomic E-state index is 10.9. The van der Waals surface area contributed by atoms with Crippen molar-refractivity contribution >= 4 is 0 Å². The van der Waals surface area contributed by atoms with Gasteiger partial charge in [-0.2, -0.15) is 5.26 Å². The standard InChI is InChI=1S/C14H23NO2/c1-11(2)12-9-14(16,7-8-17-12)13(10-15)5-3-4-6-13/h11-12,16H,3-9H2,1-2H3. The zero-order chi connectivity index (χ0) is 12.5. The molecule has 2 aliphatic rings. The van der Waals surface area contributed by atoms with E-state index < -0.39 is 11.0 Å². The largest absolute Gasteiger partial charge is 0.388 e. The summed E-state index contributed by atoms with van der Waals surface area (Å²) in [5.41, 5.74) is -1.34. The van der Waals surface area contributed by atoms with Crippen molar-refractivity contribution in [3.8, 4) is 6.07 Å². The summed E-state index contributed by atoms with van der Waals surface area (Å²) < 4.78 is 5.71. The Balaban J connectivity index is 2.20. The van der Waals surface area contributed by atoms with Crippen molar-refractivity contribution in [2.24, 2.45) is 11.3 Å². The summed E-state index contributed by atoms with van der Waals surface area (Å²) in [6.45, 7) is 4.82. The first-order chi connectivity index (χ1) is 8.03. The van der Waals surface area contributed by atoms with Crippen molar-refractivity contribution in [3.05, 3.63) is 0 Å². The number of rotatable bonds is 2. The molecule has 1 saturated heterocycles. The van der Waals surface area contributed by atoms with Gasteiger partial charge < -0.3 is 9.84 Å². The molecular formula is C14H23NO2. The van der Waals surface area contributed by atoms with Crippen LogP contribution in [0.25, 0.3) is 0 Å². The fourth-order valence-electron chi connectivity index (χ4n) is 3.40. The summed E-state index contributed by atoms with van der Waals surface area (Å²) in [5.74, 6) is 0.402. The van der Waals surface area contributed by atoms with Crippen molar-refractivity contribution in [2.75, 3.05) is 6.61 Å². The molecule has 0 aromatic rings. The molecule has 1 heterocycles. The molecule has 1 saturated carbocycles. The summed E-state index contributed by atoms with van der Waals surface area (Å²) in [5, 5.41) is 20.4. The van der Waals surface area contributed by atoms with Crippen LogP contribution in [0.2, 0.25) is 0 Å². The van der Waals surface area contributed by atoms with Crippen molar-refractivity contribution < 1.29 is 9.84 Å². The predicted molar refractivity (Wildman–Crippen MR) is 65.3 cm³/mol. The van der Waals surface area contributed by atoms with Gasteiger partial charge in [0.15, 0.2) is 0 Å². The lowest BCUT2D eigenvalue weighted by Gasteiger charge is -2.46. The van der Waals surface area contributed by atoms with Crippen LogP contribution in [0.3, 0.4) is 0 Å². The van der Waals surface area contributed by atoms with Crippen molar-refractivity contribution in [1.82, 2.24) is 0 Å². The van der Waals surface area contributed by atoms with Crippen molar-refractivity contribution in [1.29, 1.82) is 5.26 Å². The lowest BCUT2D eigenvalue weighted by molar-refractivity contribution is -0.159. The lowest BCUT2D eigenvalue weighted by Crippen LogP contribution is -2.53. The van der Waals surface area contributed by atoms with Gasteiger partial charge >= 0.3 is 0 Å². The monoisotopic (exact) mass is 237 g/mol. The highest BCUT2D eigenvalue weighted by Crippen LogP contribution is 2.51. The van der Waals surface area contributed by atoms with E-state index in [4.69, 9.17) is 4.74 Å². The summed E-state index contributed by atoms with van der Waals surface area (Å²) in [4.78, 5) is 0. The second-order valence-electron chi connectivity index (χ2n) is 6.04. The van der Waals surface area contributed by atoms with E-state index in [-0.39, 0.29) is 6.10 Å². The molecule has 2 unspecified atom stereocenters. The van der Waals surface area contributed by atoms with Gasteiger partial charge in [-0.3, -0.25) is 0 Å². The molecule has 2 atom stereocenters. The summed E-state index contributed by atoms with van der Waals surface area (Å²) in [6.07, 6.45) is 5.18. The number of hydrogen-bond donors (Lipinski definition) is 1. The molecular weight excluding hydrogens is 214 g/mol. The predicted octanol–water partition coefficient (Wildman–Crippen LogP) is 2.64. The Labute approximate surface area is 104 Å². The minimum atomic E-state index is -0.828. The number of nitrogens with zero attached hydrogens (tertiary/aromatic N) is 1. The second kappa shape index (κ2) is 4.59. The van der Waals surface area contributed by atoms with Crippen LogP contribution in [-0.2, 0) is 4.74 Å². The first kappa shape index (κ1) is 12.9. The topological polar surface area (TPSA) is 53.2 Å². The Bertz CT molecular complexity index is 315. The molecule has 0 aromatic carbocycles. The molecule has 17 heavy (non-hydrogen) atoms. The molecule has 2 rings (SSSR count). The highest BCUT2D eigenvalue weighted by atomic mass is 16.5. The molecule has 0 bridgehead atoms. The van der Waals surface area contributed by atoms with Gasteiger partial charge in [-0.25, -0.2) is 0 Å². The Morgan fingerprint density at radius 2 is 1.94 bits per heavy atom. The molecule has 96 valence electrons. The smallest absolute Gasteiger partial charge is 0.0879 e. The third kappa shape index (κ3) is 2.09. The van der Waals surface area contributed by atoms with Crippen LogP contribution in [0.4, 0.5) is 0 Å². The Hall–Kier alpha value is -0.590. The number of hydrogen-bond acceptors (Lipinski definition) is 3. The van der Waals surface area contributed by atoms with E-state index in [1.54, 1.807) is 0 Å². The van der Waals surface area contributed by atoms with E-state index in [9.17, 15) is 10.4 Å². The maximum absolute atomic E-state index is 10.9. The molecule has 0 aromatic heterocycles. The summed E-state index contributed by atoms with van der Waals surface area (Å²) in [7, 11) is 0. The number of nitriles is 1. The van der Waals surface area contributed by atoms with Crippen LogP contribution < -0.4 is 0 Å². The molecule has 1 aliphatic heterocycles. The van der Waals surface area contributed by atoms with Gasteiger partial charge in [0.25, 0.3) is 0 Å². The van der Waals surface area contributed by atoms with Crippen LogP contribution >= 0.6 is 0 Å². The third-order valence-electron chi connectivity index (χ3n) is 4.69. The highest BCUT2D eigenvalue weighted by Gasteiger charge is 2.54. The number of ether oxygens (including phenoxy) is 1. The Morgan fingerprint density at radius 1 is 1.29 bits per heavy atom. The van der Waals surface area contributed by atoms with Crippen LogP contribution in [0, 0.1) is 22.7 Å². The van der Waals surface area contributed by atoms with Gasteiger partial charge in [0.2, 0.25) is 0 Å². The molecule has 0 amide bonds. The van der Waals surface area contributed by atoms with E-state index in [1.807, 2.05) is 0 Å². The van der Waals surface area contributed by atoms with Crippen molar-refractivity contribution in [2.45, 2.75) is 64.1 Å². The van der Waals surface area contributed by atoms with Crippen LogP contribution in [-0.4, -0.2) is 23.4 Å². The van der Waals surface area contributed by atoms with Gasteiger partial charge in [-0.15, -0.1) is 0 Å². The Kier molecular flexibility index (Phi) is 3.47. The molecule has 1 aliphatic carbocycles. The zero-order valence-corrected chi connectivity index (χ0v) is 10.9. The lowest BCUT2D eigenvalue weighted by atomic mass is 9.66.